The minimum absolute atomic E-state index is 0.113. The number of rotatable bonds is 4. The number of hydrogen-bond donors (Lipinski definition) is 1. The molecule has 23 heavy (non-hydrogen) atoms. The number of oxazole rings is 1. The second kappa shape index (κ2) is 6.89. The average molecular weight is 326 g/mol. The maximum atomic E-state index is 11.8. The van der Waals surface area contributed by atoms with Crippen molar-refractivity contribution >= 4 is 23.7 Å². The molecule has 1 heterocycles. The molecule has 1 N–H and O–H groups in total. The summed E-state index contributed by atoms with van der Waals surface area (Å²) in [5, 5.41) is 3.97. The van der Waals surface area contributed by atoms with Gasteiger partial charge in [0, 0.05) is 11.1 Å². The maximum absolute atomic E-state index is 11.8. The Labute approximate surface area is 137 Å². The molecule has 2 aromatic carbocycles. The van der Waals surface area contributed by atoms with Gasteiger partial charge in [-0.25, -0.2) is 10.4 Å². The molecule has 0 saturated heterocycles. The van der Waals surface area contributed by atoms with Crippen LogP contribution >= 0.6 is 11.6 Å². The molecule has 3 rings (SSSR count). The zero-order valence-electron chi connectivity index (χ0n) is 11.9. The van der Waals surface area contributed by atoms with Crippen LogP contribution in [0.2, 0.25) is 5.22 Å². The molecular formula is C17H12ClN3O2. The normalized spacial score (nSPS) is 10.8. The van der Waals surface area contributed by atoms with Gasteiger partial charge >= 0.3 is 0 Å². The SMILES string of the molecule is O=C(N/N=C\c1nc(-c2ccccc2)oc1Cl)c1ccccc1. The van der Waals surface area contributed by atoms with Gasteiger partial charge in [0.1, 0.15) is 5.69 Å². The zero-order valence-corrected chi connectivity index (χ0v) is 12.7. The molecule has 1 aromatic heterocycles. The van der Waals surface area contributed by atoms with E-state index in [2.05, 4.69) is 15.5 Å². The lowest BCUT2D eigenvalue weighted by atomic mass is 10.2. The number of benzene rings is 2. The molecule has 0 fully saturated rings. The summed E-state index contributed by atoms with van der Waals surface area (Å²) in [7, 11) is 0. The van der Waals surface area contributed by atoms with Gasteiger partial charge in [0.15, 0.2) is 0 Å². The summed E-state index contributed by atoms with van der Waals surface area (Å²) in [5.41, 5.74) is 4.08. The van der Waals surface area contributed by atoms with Crippen molar-refractivity contribution in [1.29, 1.82) is 0 Å². The molecule has 0 radical (unpaired) electrons. The van der Waals surface area contributed by atoms with Crippen molar-refractivity contribution in [2.24, 2.45) is 5.10 Å². The molecule has 5 nitrogen and oxygen atoms in total. The Kier molecular flexibility index (Phi) is 4.49. The fourth-order valence-corrected chi connectivity index (χ4v) is 2.07. The number of nitrogens with zero attached hydrogens (tertiary/aromatic N) is 2. The third-order valence-electron chi connectivity index (χ3n) is 3.02. The average Bonchev–Trinajstić information content (AvgIpc) is 2.97. The quantitative estimate of drug-likeness (QED) is 0.586. The molecular weight excluding hydrogens is 314 g/mol. The van der Waals surface area contributed by atoms with E-state index >= 15 is 0 Å². The Bertz CT molecular complexity index is 830. The Morgan fingerprint density at radius 3 is 2.43 bits per heavy atom. The highest BCUT2D eigenvalue weighted by Gasteiger charge is 2.11. The van der Waals surface area contributed by atoms with Crippen LogP contribution in [-0.2, 0) is 0 Å². The standard InChI is InChI=1S/C17H12ClN3O2/c18-15-14(20-17(23-15)13-9-5-2-6-10-13)11-19-21-16(22)12-7-3-1-4-8-12/h1-11H,(H,21,22)/b19-11-. The van der Waals surface area contributed by atoms with E-state index in [0.29, 0.717) is 17.1 Å². The highest BCUT2D eigenvalue weighted by Crippen LogP contribution is 2.24. The fourth-order valence-electron chi connectivity index (χ4n) is 1.90. The van der Waals surface area contributed by atoms with E-state index in [-0.39, 0.29) is 11.1 Å². The molecule has 0 atom stereocenters. The van der Waals surface area contributed by atoms with Crippen molar-refractivity contribution in [3.8, 4) is 11.5 Å². The van der Waals surface area contributed by atoms with Crippen molar-refractivity contribution in [3.05, 3.63) is 77.1 Å². The lowest BCUT2D eigenvalue weighted by Crippen LogP contribution is -2.17. The minimum atomic E-state index is -0.315. The van der Waals surface area contributed by atoms with E-state index < -0.39 is 0 Å². The number of halogens is 1. The van der Waals surface area contributed by atoms with Crippen LogP contribution in [0.4, 0.5) is 0 Å². The Morgan fingerprint density at radius 2 is 1.74 bits per heavy atom. The van der Waals surface area contributed by atoms with Crippen molar-refractivity contribution < 1.29 is 9.21 Å². The highest BCUT2D eigenvalue weighted by molar-refractivity contribution is 6.31. The Morgan fingerprint density at radius 1 is 1.09 bits per heavy atom. The minimum Gasteiger partial charge on any atom is -0.424 e. The molecule has 6 heteroatoms. The van der Waals surface area contributed by atoms with Gasteiger partial charge in [0.05, 0.1) is 6.21 Å². The van der Waals surface area contributed by atoms with Crippen LogP contribution in [-0.4, -0.2) is 17.1 Å². The first-order valence-corrected chi connectivity index (χ1v) is 7.22. The van der Waals surface area contributed by atoms with Gasteiger partial charge in [-0.1, -0.05) is 36.4 Å². The van der Waals surface area contributed by atoms with Gasteiger partial charge in [-0.05, 0) is 35.9 Å². The van der Waals surface area contributed by atoms with Gasteiger partial charge in [-0.2, -0.15) is 5.10 Å². The summed E-state index contributed by atoms with van der Waals surface area (Å²) in [5.74, 6) is 0.0798. The molecule has 114 valence electrons. The first-order valence-electron chi connectivity index (χ1n) is 6.84. The summed E-state index contributed by atoms with van der Waals surface area (Å²) in [6.07, 6.45) is 1.35. The number of carbonyl (C=O) groups is 1. The van der Waals surface area contributed by atoms with E-state index in [1.807, 2.05) is 36.4 Å². The summed E-state index contributed by atoms with van der Waals surface area (Å²) in [4.78, 5) is 16.1. The lowest BCUT2D eigenvalue weighted by molar-refractivity contribution is 0.0955. The van der Waals surface area contributed by atoms with E-state index in [1.165, 1.54) is 6.21 Å². The number of carbonyl (C=O) groups excluding carboxylic acids is 1. The van der Waals surface area contributed by atoms with Crippen LogP contribution < -0.4 is 5.43 Å². The first-order chi connectivity index (χ1) is 11.2. The number of hydrazone groups is 1. The van der Waals surface area contributed by atoms with Crippen LogP contribution in [0.1, 0.15) is 16.1 Å². The summed E-state index contributed by atoms with van der Waals surface area (Å²) < 4.78 is 5.39. The van der Waals surface area contributed by atoms with Crippen molar-refractivity contribution in [2.75, 3.05) is 0 Å². The number of hydrogen-bond acceptors (Lipinski definition) is 4. The predicted molar refractivity (Wildman–Crippen MR) is 88.5 cm³/mol. The molecule has 0 aliphatic heterocycles. The molecule has 0 bridgehead atoms. The van der Waals surface area contributed by atoms with Crippen LogP contribution in [0.3, 0.4) is 0 Å². The van der Waals surface area contributed by atoms with E-state index in [4.69, 9.17) is 16.0 Å². The Balaban J connectivity index is 1.71. The van der Waals surface area contributed by atoms with Crippen LogP contribution in [0.25, 0.3) is 11.5 Å². The van der Waals surface area contributed by atoms with E-state index in [9.17, 15) is 4.79 Å². The second-order valence-corrected chi connectivity index (χ2v) is 4.95. The van der Waals surface area contributed by atoms with Gasteiger partial charge in [0.2, 0.25) is 11.1 Å². The summed E-state index contributed by atoms with van der Waals surface area (Å²) >= 11 is 5.99. The molecule has 0 spiro atoms. The topological polar surface area (TPSA) is 67.5 Å². The smallest absolute Gasteiger partial charge is 0.271 e. The fraction of sp³-hybridized carbons (Fsp3) is 0. The van der Waals surface area contributed by atoms with Crippen molar-refractivity contribution in [1.82, 2.24) is 10.4 Å². The lowest BCUT2D eigenvalue weighted by Gasteiger charge is -1.97. The second-order valence-electron chi connectivity index (χ2n) is 4.61. The Hall–Kier alpha value is -2.92. The zero-order chi connectivity index (χ0) is 16.1. The molecule has 3 aromatic rings. The molecule has 1 amide bonds. The monoisotopic (exact) mass is 325 g/mol. The number of aromatic nitrogens is 1. The van der Waals surface area contributed by atoms with Gasteiger partial charge < -0.3 is 4.42 Å². The van der Waals surface area contributed by atoms with Crippen LogP contribution in [0.5, 0.6) is 0 Å². The summed E-state index contributed by atoms with van der Waals surface area (Å²) in [6.45, 7) is 0. The van der Waals surface area contributed by atoms with Crippen molar-refractivity contribution in [3.63, 3.8) is 0 Å². The summed E-state index contributed by atoms with van der Waals surface area (Å²) in [6, 6.07) is 18.2. The predicted octanol–water partition coefficient (Wildman–Crippen LogP) is 3.76. The molecule has 0 unspecified atom stereocenters. The van der Waals surface area contributed by atoms with Gasteiger partial charge in [-0.15, -0.1) is 0 Å². The van der Waals surface area contributed by atoms with E-state index in [0.717, 1.165) is 5.56 Å². The largest absolute Gasteiger partial charge is 0.424 e. The van der Waals surface area contributed by atoms with Crippen molar-refractivity contribution in [2.45, 2.75) is 0 Å². The van der Waals surface area contributed by atoms with Gasteiger partial charge in [-0.3, -0.25) is 4.79 Å². The van der Waals surface area contributed by atoms with Crippen LogP contribution in [0, 0.1) is 0 Å². The molecule has 0 aliphatic rings. The number of amides is 1. The molecule has 0 saturated carbocycles. The van der Waals surface area contributed by atoms with Crippen LogP contribution in [0.15, 0.2) is 70.2 Å². The maximum Gasteiger partial charge on any atom is 0.271 e. The third kappa shape index (κ3) is 3.64. The first kappa shape index (κ1) is 15.0. The van der Waals surface area contributed by atoms with E-state index in [1.54, 1.807) is 24.3 Å². The molecule has 0 aliphatic carbocycles. The number of nitrogens with one attached hydrogen (secondary N) is 1. The highest BCUT2D eigenvalue weighted by atomic mass is 35.5. The van der Waals surface area contributed by atoms with Gasteiger partial charge in [0.25, 0.3) is 5.91 Å². The third-order valence-corrected chi connectivity index (χ3v) is 3.29.